The number of carbonyl (C=O) groups is 1. The van der Waals surface area contributed by atoms with Crippen LogP contribution in [0, 0.1) is 5.92 Å². The van der Waals surface area contributed by atoms with E-state index in [0.717, 1.165) is 30.4 Å². The number of carbonyl (C=O) groups excluding carboxylic acids is 1. The van der Waals surface area contributed by atoms with Crippen molar-refractivity contribution in [3.05, 3.63) is 69.7 Å². The van der Waals surface area contributed by atoms with Gasteiger partial charge >= 0.3 is 0 Å². The van der Waals surface area contributed by atoms with E-state index in [0.29, 0.717) is 11.8 Å². The monoisotopic (exact) mass is 355 g/mol. The zero-order chi connectivity index (χ0) is 15.1. The van der Waals surface area contributed by atoms with Gasteiger partial charge < -0.3 is 4.90 Å². The van der Waals surface area contributed by atoms with Crippen LogP contribution in [0.1, 0.15) is 29.0 Å². The summed E-state index contributed by atoms with van der Waals surface area (Å²) in [4.78, 5) is 14.8. The maximum absolute atomic E-state index is 12.7. The minimum atomic E-state index is 0.187. The van der Waals surface area contributed by atoms with Crippen molar-refractivity contribution in [1.29, 1.82) is 0 Å². The predicted molar refractivity (Wildman–Crippen MR) is 90.6 cm³/mol. The van der Waals surface area contributed by atoms with Gasteiger partial charge in [-0.25, -0.2) is 0 Å². The molecular weight excluding hydrogens is 338 g/mol. The fraction of sp³-hybridized carbons (Fsp3) is 0.316. The molecular formula is C19H18BrNO. The summed E-state index contributed by atoms with van der Waals surface area (Å²) in [5, 5.41) is 0. The second-order valence-corrected chi connectivity index (χ2v) is 7.19. The Bertz CT molecular complexity index is 710. The molecule has 1 aliphatic heterocycles. The Morgan fingerprint density at radius 1 is 1.05 bits per heavy atom. The van der Waals surface area contributed by atoms with E-state index >= 15 is 0 Å². The third-order valence-electron chi connectivity index (χ3n) is 4.85. The molecule has 0 radical (unpaired) electrons. The van der Waals surface area contributed by atoms with Gasteiger partial charge in [-0.3, -0.25) is 4.79 Å². The lowest BCUT2D eigenvalue weighted by atomic mass is 9.99. The molecule has 1 amide bonds. The fourth-order valence-electron chi connectivity index (χ4n) is 3.46. The fourth-order valence-corrected chi connectivity index (χ4v) is 3.73. The Labute approximate surface area is 139 Å². The third-order valence-corrected chi connectivity index (χ3v) is 5.38. The summed E-state index contributed by atoms with van der Waals surface area (Å²) in [6, 6.07) is 16.9. The molecule has 112 valence electrons. The minimum absolute atomic E-state index is 0.187. The summed E-state index contributed by atoms with van der Waals surface area (Å²) in [6.45, 7) is 1.64. The molecule has 1 aliphatic carbocycles. The topological polar surface area (TPSA) is 20.3 Å². The number of halogens is 1. The summed E-state index contributed by atoms with van der Waals surface area (Å²) in [7, 11) is 0. The highest BCUT2D eigenvalue weighted by atomic mass is 79.9. The molecule has 0 saturated heterocycles. The molecule has 2 nitrogen and oxygen atoms in total. The van der Waals surface area contributed by atoms with Gasteiger partial charge in [0.25, 0.3) is 0 Å². The molecule has 22 heavy (non-hydrogen) atoms. The van der Waals surface area contributed by atoms with Crippen molar-refractivity contribution >= 4 is 21.8 Å². The molecule has 2 aromatic rings. The van der Waals surface area contributed by atoms with Crippen molar-refractivity contribution < 1.29 is 4.79 Å². The van der Waals surface area contributed by atoms with Gasteiger partial charge in [-0.15, -0.1) is 0 Å². The van der Waals surface area contributed by atoms with E-state index in [9.17, 15) is 4.79 Å². The van der Waals surface area contributed by atoms with Crippen molar-refractivity contribution in [2.24, 2.45) is 5.92 Å². The van der Waals surface area contributed by atoms with Gasteiger partial charge in [0, 0.05) is 23.5 Å². The number of rotatable bonds is 2. The van der Waals surface area contributed by atoms with Gasteiger partial charge in [-0.2, -0.15) is 0 Å². The van der Waals surface area contributed by atoms with Crippen LogP contribution in [0.15, 0.2) is 53.0 Å². The Kier molecular flexibility index (Phi) is 3.53. The second-order valence-electron chi connectivity index (χ2n) is 6.28. The van der Waals surface area contributed by atoms with Crippen LogP contribution in [0.3, 0.4) is 0 Å². The number of benzene rings is 2. The molecule has 4 rings (SSSR count). The van der Waals surface area contributed by atoms with Crippen LogP contribution in [0.25, 0.3) is 0 Å². The highest BCUT2D eigenvalue weighted by Gasteiger charge is 2.45. The zero-order valence-corrected chi connectivity index (χ0v) is 13.9. The van der Waals surface area contributed by atoms with Gasteiger partial charge in [0.1, 0.15) is 0 Å². The van der Waals surface area contributed by atoms with E-state index in [1.807, 2.05) is 4.90 Å². The van der Waals surface area contributed by atoms with Crippen molar-refractivity contribution in [3.8, 4) is 0 Å². The van der Waals surface area contributed by atoms with Crippen LogP contribution in [-0.4, -0.2) is 17.4 Å². The first-order valence-electron chi connectivity index (χ1n) is 7.83. The molecule has 2 aliphatic rings. The third kappa shape index (κ3) is 2.58. The van der Waals surface area contributed by atoms with Crippen molar-refractivity contribution in [1.82, 2.24) is 4.90 Å². The quantitative estimate of drug-likeness (QED) is 0.792. The standard InChI is InChI=1S/C19H18BrNO/c20-16-7-5-14(6-8-16)17-11-18(17)19(22)21-10-9-13-3-1-2-4-15(13)12-21/h1-8,17-18H,9-12H2. The summed E-state index contributed by atoms with van der Waals surface area (Å²) in [5.41, 5.74) is 3.99. The van der Waals surface area contributed by atoms with Gasteiger partial charge in [0.05, 0.1) is 0 Å². The van der Waals surface area contributed by atoms with Crippen LogP contribution >= 0.6 is 15.9 Å². The summed E-state index contributed by atoms with van der Waals surface area (Å²) < 4.78 is 1.09. The van der Waals surface area contributed by atoms with Gasteiger partial charge in [0.15, 0.2) is 0 Å². The Balaban J connectivity index is 1.45. The summed E-state index contributed by atoms with van der Waals surface area (Å²) in [6.07, 6.45) is 1.98. The summed E-state index contributed by atoms with van der Waals surface area (Å²) in [5.74, 6) is 0.937. The largest absolute Gasteiger partial charge is 0.338 e. The number of nitrogens with zero attached hydrogens (tertiary/aromatic N) is 1. The highest BCUT2D eigenvalue weighted by molar-refractivity contribution is 9.10. The molecule has 0 aromatic heterocycles. The van der Waals surface area contributed by atoms with E-state index in [2.05, 4.69) is 64.5 Å². The number of amides is 1. The lowest BCUT2D eigenvalue weighted by Gasteiger charge is -2.29. The lowest BCUT2D eigenvalue weighted by Crippen LogP contribution is -2.37. The molecule has 0 spiro atoms. The zero-order valence-electron chi connectivity index (χ0n) is 12.3. The van der Waals surface area contributed by atoms with E-state index < -0.39 is 0 Å². The van der Waals surface area contributed by atoms with Crippen LogP contribution < -0.4 is 0 Å². The lowest BCUT2D eigenvalue weighted by molar-refractivity contribution is -0.133. The highest BCUT2D eigenvalue weighted by Crippen LogP contribution is 2.49. The molecule has 1 heterocycles. The Morgan fingerprint density at radius 2 is 1.77 bits per heavy atom. The van der Waals surface area contributed by atoms with Gasteiger partial charge in [-0.05, 0) is 47.6 Å². The van der Waals surface area contributed by atoms with Crippen molar-refractivity contribution in [2.75, 3.05) is 6.54 Å². The number of hydrogen-bond donors (Lipinski definition) is 0. The van der Waals surface area contributed by atoms with Gasteiger partial charge in [-0.1, -0.05) is 52.3 Å². The van der Waals surface area contributed by atoms with Crippen molar-refractivity contribution in [3.63, 3.8) is 0 Å². The molecule has 1 fully saturated rings. The second kappa shape index (κ2) is 5.54. The molecule has 2 atom stereocenters. The first-order valence-corrected chi connectivity index (χ1v) is 8.63. The number of fused-ring (bicyclic) bond motifs is 1. The predicted octanol–water partition coefficient (Wildman–Crippen LogP) is 4.14. The molecule has 2 unspecified atom stereocenters. The van der Waals surface area contributed by atoms with Crippen molar-refractivity contribution in [2.45, 2.75) is 25.3 Å². The molecule has 0 bridgehead atoms. The minimum Gasteiger partial charge on any atom is -0.338 e. The smallest absolute Gasteiger partial charge is 0.226 e. The SMILES string of the molecule is O=C(C1CC1c1ccc(Br)cc1)N1CCc2ccccc2C1. The molecule has 3 heteroatoms. The van der Waals surface area contributed by atoms with E-state index in [1.54, 1.807) is 0 Å². The Morgan fingerprint density at radius 3 is 2.55 bits per heavy atom. The molecule has 1 saturated carbocycles. The van der Waals surface area contributed by atoms with E-state index in [-0.39, 0.29) is 5.92 Å². The van der Waals surface area contributed by atoms with E-state index in [1.165, 1.54) is 16.7 Å². The first kappa shape index (κ1) is 14.0. The molecule has 0 N–H and O–H groups in total. The maximum atomic E-state index is 12.7. The van der Waals surface area contributed by atoms with Crippen LogP contribution in [-0.2, 0) is 17.8 Å². The Hall–Kier alpha value is -1.61. The normalized spacial score (nSPS) is 23.0. The molecule has 2 aromatic carbocycles. The summed E-state index contributed by atoms with van der Waals surface area (Å²) >= 11 is 3.46. The average Bonchev–Trinajstić information content (AvgIpc) is 3.35. The average molecular weight is 356 g/mol. The van der Waals surface area contributed by atoms with E-state index in [4.69, 9.17) is 0 Å². The van der Waals surface area contributed by atoms with Crippen LogP contribution in [0.4, 0.5) is 0 Å². The van der Waals surface area contributed by atoms with Crippen LogP contribution in [0.5, 0.6) is 0 Å². The van der Waals surface area contributed by atoms with Gasteiger partial charge in [0.2, 0.25) is 5.91 Å². The first-order chi connectivity index (χ1) is 10.7. The maximum Gasteiger partial charge on any atom is 0.226 e. The number of hydrogen-bond acceptors (Lipinski definition) is 1. The van der Waals surface area contributed by atoms with Crippen LogP contribution in [0.2, 0.25) is 0 Å².